The number of rotatable bonds is 5. The molecule has 128 valence electrons. The summed E-state index contributed by atoms with van der Waals surface area (Å²) < 4.78 is 18.1. The number of hydrogen-bond donors (Lipinski definition) is 2. The zero-order valence-corrected chi connectivity index (χ0v) is 13.6. The van der Waals surface area contributed by atoms with Crippen LogP contribution in [0.5, 0.6) is 0 Å². The Kier molecular flexibility index (Phi) is 4.63. The minimum Gasteiger partial charge on any atom is -0.384 e. The fraction of sp³-hybridized carbons (Fsp3) is 0.158. The molecule has 0 aliphatic heterocycles. The van der Waals surface area contributed by atoms with Crippen molar-refractivity contribution >= 4 is 5.91 Å². The van der Waals surface area contributed by atoms with Crippen LogP contribution in [0.3, 0.4) is 0 Å². The number of halogens is 1. The summed E-state index contributed by atoms with van der Waals surface area (Å²) in [7, 11) is 0. The number of benzene rings is 2. The minimum atomic E-state index is -1.34. The second-order valence-corrected chi connectivity index (χ2v) is 5.91. The molecule has 1 atom stereocenters. The van der Waals surface area contributed by atoms with Gasteiger partial charge in [0.15, 0.2) is 0 Å². The maximum Gasteiger partial charge on any atom is 0.290 e. The number of nitrogens with one attached hydrogen (secondary N) is 1. The molecule has 0 spiro atoms. The molecule has 1 unspecified atom stereocenters. The molecule has 0 aliphatic rings. The molecule has 0 saturated heterocycles. The van der Waals surface area contributed by atoms with Crippen LogP contribution in [0.4, 0.5) is 4.39 Å². The highest BCUT2D eigenvalue weighted by Gasteiger charge is 2.25. The van der Waals surface area contributed by atoms with E-state index in [1.165, 1.54) is 37.3 Å². The first-order chi connectivity index (χ1) is 12.0. The van der Waals surface area contributed by atoms with Gasteiger partial charge < -0.3 is 14.9 Å². The van der Waals surface area contributed by atoms with E-state index in [4.69, 9.17) is 4.52 Å². The van der Waals surface area contributed by atoms with Gasteiger partial charge in [0.05, 0.1) is 6.54 Å². The molecule has 1 heterocycles. The summed E-state index contributed by atoms with van der Waals surface area (Å²) in [6.45, 7) is 1.48. The van der Waals surface area contributed by atoms with Gasteiger partial charge >= 0.3 is 0 Å². The van der Waals surface area contributed by atoms with E-state index in [0.29, 0.717) is 11.3 Å². The average molecular weight is 340 g/mol. The summed E-state index contributed by atoms with van der Waals surface area (Å²) in [6.07, 6.45) is 0. The van der Waals surface area contributed by atoms with E-state index in [9.17, 15) is 14.3 Å². The van der Waals surface area contributed by atoms with Crippen molar-refractivity contribution in [3.8, 4) is 11.3 Å². The van der Waals surface area contributed by atoms with E-state index in [-0.39, 0.29) is 12.3 Å². The lowest BCUT2D eigenvalue weighted by Gasteiger charge is -2.23. The zero-order chi connectivity index (χ0) is 17.9. The van der Waals surface area contributed by atoms with Crippen molar-refractivity contribution in [2.24, 2.45) is 0 Å². The predicted octanol–water partition coefficient (Wildman–Crippen LogP) is 3.12. The zero-order valence-electron chi connectivity index (χ0n) is 13.6. The Morgan fingerprint density at radius 1 is 1.20 bits per heavy atom. The summed E-state index contributed by atoms with van der Waals surface area (Å²) >= 11 is 0. The lowest BCUT2D eigenvalue weighted by atomic mass is 9.96. The van der Waals surface area contributed by atoms with Crippen LogP contribution >= 0.6 is 0 Å². The van der Waals surface area contributed by atoms with E-state index in [2.05, 4.69) is 10.5 Å². The Balaban J connectivity index is 1.66. The molecule has 25 heavy (non-hydrogen) atoms. The van der Waals surface area contributed by atoms with Crippen molar-refractivity contribution in [3.63, 3.8) is 0 Å². The third-order valence-corrected chi connectivity index (χ3v) is 3.86. The van der Waals surface area contributed by atoms with Gasteiger partial charge in [-0.05, 0) is 24.6 Å². The largest absolute Gasteiger partial charge is 0.384 e. The maximum absolute atomic E-state index is 13.0. The minimum absolute atomic E-state index is 0.0498. The number of hydrogen-bond acceptors (Lipinski definition) is 4. The van der Waals surface area contributed by atoms with Gasteiger partial charge in [0.1, 0.15) is 17.1 Å². The SMILES string of the molecule is CC(O)(CNC(=O)c1cc(-c2ccccc2)no1)c1ccc(F)cc1. The van der Waals surface area contributed by atoms with Crippen LogP contribution in [0.15, 0.2) is 65.2 Å². The smallest absolute Gasteiger partial charge is 0.290 e. The first-order valence-corrected chi connectivity index (χ1v) is 7.74. The number of amides is 1. The molecule has 0 bridgehead atoms. The van der Waals surface area contributed by atoms with Crippen molar-refractivity contribution in [2.75, 3.05) is 6.54 Å². The van der Waals surface area contributed by atoms with Gasteiger partial charge in [0.25, 0.3) is 5.91 Å². The third-order valence-electron chi connectivity index (χ3n) is 3.86. The molecule has 1 amide bonds. The molecule has 6 heteroatoms. The van der Waals surface area contributed by atoms with E-state index < -0.39 is 17.3 Å². The number of carbonyl (C=O) groups excluding carboxylic acids is 1. The lowest BCUT2D eigenvalue weighted by Crippen LogP contribution is -2.38. The van der Waals surface area contributed by atoms with E-state index in [0.717, 1.165) is 5.56 Å². The van der Waals surface area contributed by atoms with Crippen LogP contribution in [0.1, 0.15) is 23.0 Å². The summed E-state index contributed by atoms with van der Waals surface area (Å²) in [6, 6.07) is 16.3. The molecule has 0 fully saturated rings. The van der Waals surface area contributed by atoms with Crippen molar-refractivity contribution in [1.82, 2.24) is 10.5 Å². The first kappa shape index (κ1) is 16.9. The topological polar surface area (TPSA) is 75.4 Å². The number of aliphatic hydroxyl groups is 1. The Hall–Kier alpha value is -2.99. The molecular formula is C19H17FN2O3. The quantitative estimate of drug-likeness (QED) is 0.748. The van der Waals surface area contributed by atoms with Crippen LogP contribution in [0.2, 0.25) is 0 Å². The van der Waals surface area contributed by atoms with Crippen molar-refractivity contribution in [3.05, 3.63) is 77.8 Å². The second-order valence-electron chi connectivity index (χ2n) is 5.91. The highest BCUT2D eigenvalue weighted by atomic mass is 19.1. The van der Waals surface area contributed by atoms with Gasteiger partial charge in [-0.25, -0.2) is 4.39 Å². The van der Waals surface area contributed by atoms with Crippen molar-refractivity contribution in [2.45, 2.75) is 12.5 Å². The molecule has 5 nitrogen and oxygen atoms in total. The Morgan fingerprint density at radius 3 is 2.56 bits per heavy atom. The van der Waals surface area contributed by atoms with Gasteiger partial charge in [-0.3, -0.25) is 4.79 Å². The standard InChI is InChI=1S/C19H17FN2O3/c1-19(24,14-7-9-15(20)10-8-14)12-21-18(23)17-11-16(22-25-17)13-5-3-2-4-6-13/h2-11,24H,12H2,1H3,(H,21,23). The summed E-state index contributed by atoms with van der Waals surface area (Å²) in [4.78, 5) is 12.2. The molecule has 0 aliphatic carbocycles. The molecule has 1 aromatic heterocycles. The van der Waals surface area contributed by atoms with Crippen LogP contribution in [0, 0.1) is 5.82 Å². The normalized spacial score (nSPS) is 13.2. The molecule has 0 radical (unpaired) electrons. The Bertz CT molecular complexity index is 858. The predicted molar refractivity (Wildman–Crippen MR) is 90.2 cm³/mol. The van der Waals surface area contributed by atoms with Crippen molar-refractivity contribution in [1.29, 1.82) is 0 Å². The fourth-order valence-corrected chi connectivity index (χ4v) is 2.38. The summed E-state index contributed by atoms with van der Waals surface area (Å²) in [5.74, 6) is -0.829. The molecule has 3 rings (SSSR count). The van der Waals surface area contributed by atoms with E-state index >= 15 is 0 Å². The summed E-state index contributed by atoms with van der Waals surface area (Å²) in [5.41, 5.74) is 0.544. The van der Waals surface area contributed by atoms with Gasteiger partial charge in [0.2, 0.25) is 5.76 Å². The van der Waals surface area contributed by atoms with Crippen molar-refractivity contribution < 1.29 is 18.8 Å². The van der Waals surface area contributed by atoms with Crippen LogP contribution in [-0.2, 0) is 5.60 Å². The highest BCUT2D eigenvalue weighted by Crippen LogP contribution is 2.21. The number of carbonyl (C=O) groups is 1. The van der Waals surface area contributed by atoms with Crippen LogP contribution in [-0.4, -0.2) is 22.7 Å². The first-order valence-electron chi connectivity index (χ1n) is 7.74. The van der Waals surface area contributed by atoms with Crippen LogP contribution < -0.4 is 5.32 Å². The number of nitrogens with zero attached hydrogens (tertiary/aromatic N) is 1. The average Bonchev–Trinajstić information content (AvgIpc) is 3.11. The van der Waals surface area contributed by atoms with Gasteiger partial charge in [0, 0.05) is 11.6 Å². The van der Waals surface area contributed by atoms with Gasteiger partial charge in [-0.2, -0.15) is 0 Å². The maximum atomic E-state index is 13.0. The second kappa shape index (κ2) is 6.86. The fourth-order valence-electron chi connectivity index (χ4n) is 2.38. The Labute approximate surface area is 144 Å². The highest BCUT2D eigenvalue weighted by molar-refractivity contribution is 5.92. The molecule has 2 aromatic carbocycles. The molecule has 0 saturated carbocycles. The van der Waals surface area contributed by atoms with Gasteiger partial charge in [-0.15, -0.1) is 0 Å². The van der Waals surface area contributed by atoms with Gasteiger partial charge in [-0.1, -0.05) is 47.6 Å². The molecule has 2 N–H and O–H groups in total. The lowest BCUT2D eigenvalue weighted by molar-refractivity contribution is 0.0516. The van der Waals surface area contributed by atoms with E-state index in [1.54, 1.807) is 0 Å². The van der Waals surface area contributed by atoms with Crippen LogP contribution in [0.25, 0.3) is 11.3 Å². The molecular weight excluding hydrogens is 323 g/mol. The Morgan fingerprint density at radius 2 is 1.88 bits per heavy atom. The molecule has 3 aromatic rings. The monoisotopic (exact) mass is 340 g/mol. The third kappa shape index (κ3) is 3.92. The summed E-state index contributed by atoms with van der Waals surface area (Å²) in [5, 5.41) is 17.0. The van der Waals surface area contributed by atoms with E-state index in [1.807, 2.05) is 30.3 Å². The number of aromatic nitrogens is 1.